The number of hydrogen-bond donors (Lipinski definition) is 2. The number of nitriles is 1. The van der Waals surface area contributed by atoms with Crippen LogP contribution in [-0.4, -0.2) is 16.6 Å². The monoisotopic (exact) mass is 222 g/mol. The van der Waals surface area contributed by atoms with E-state index in [1.165, 1.54) is 26.0 Å². The summed E-state index contributed by atoms with van der Waals surface area (Å²) in [6.45, 7) is 2.86. The van der Waals surface area contributed by atoms with E-state index in [1.54, 1.807) is 6.07 Å². The van der Waals surface area contributed by atoms with Gasteiger partial charge in [-0.3, -0.25) is 0 Å². The van der Waals surface area contributed by atoms with Crippen molar-refractivity contribution in [2.45, 2.75) is 19.4 Å². The fourth-order valence-electron chi connectivity index (χ4n) is 1.13. The van der Waals surface area contributed by atoms with Crippen LogP contribution in [0.5, 0.6) is 0 Å². The van der Waals surface area contributed by atoms with E-state index in [0.29, 0.717) is 0 Å². The number of nitrogens with zero attached hydrogens (tertiary/aromatic N) is 1. The van der Waals surface area contributed by atoms with Gasteiger partial charge in [-0.15, -0.1) is 0 Å². The number of anilines is 1. The van der Waals surface area contributed by atoms with Gasteiger partial charge in [0.15, 0.2) is 0 Å². The molecule has 16 heavy (non-hydrogen) atoms. The van der Waals surface area contributed by atoms with Crippen molar-refractivity contribution in [1.29, 1.82) is 5.26 Å². The van der Waals surface area contributed by atoms with E-state index in [1.807, 2.05) is 0 Å². The third-order valence-electron chi connectivity index (χ3n) is 2.11. The lowest BCUT2D eigenvalue weighted by molar-refractivity contribution is -0.141. The number of hydrogen-bond acceptors (Lipinski definition) is 3. The molecule has 0 spiro atoms. The molecule has 5 heteroatoms. The van der Waals surface area contributed by atoms with Gasteiger partial charge in [-0.2, -0.15) is 5.26 Å². The summed E-state index contributed by atoms with van der Waals surface area (Å²) in [5.74, 6) is -1.76. The van der Waals surface area contributed by atoms with Crippen LogP contribution < -0.4 is 5.32 Å². The van der Waals surface area contributed by atoms with Crippen LogP contribution in [0.25, 0.3) is 0 Å². The van der Waals surface area contributed by atoms with E-state index < -0.39 is 17.3 Å². The molecular formula is C11H11FN2O2. The van der Waals surface area contributed by atoms with Crippen LogP contribution in [0.1, 0.15) is 19.4 Å². The molecule has 0 amide bonds. The van der Waals surface area contributed by atoms with Gasteiger partial charge < -0.3 is 10.4 Å². The molecular weight excluding hydrogens is 211 g/mol. The summed E-state index contributed by atoms with van der Waals surface area (Å²) >= 11 is 0. The first kappa shape index (κ1) is 12.0. The SMILES string of the molecule is CC(C)(Nc1cccc(F)c1C#N)C(=O)O. The zero-order valence-corrected chi connectivity index (χ0v) is 8.91. The van der Waals surface area contributed by atoms with Gasteiger partial charge in [0.05, 0.1) is 5.69 Å². The number of halogens is 1. The third kappa shape index (κ3) is 2.28. The Morgan fingerprint density at radius 1 is 1.56 bits per heavy atom. The molecule has 1 aromatic carbocycles. The second-order valence-electron chi connectivity index (χ2n) is 3.83. The molecule has 0 radical (unpaired) electrons. The lowest BCUT2D eigenvalue weighted by atomic mass is 10.0. The smallest absolute Gasteiger partial charge is 0.328 e. The Hall–Kier alpha value is -2.09. The van der Waals surface area contributed by atoms with Crippen molar-refractivity contribution in [1.82, 2.24) is 0 Å². The van der Waals surface area contributed by atoms with Crippen molar-refractivity contribution >= 4 is 11.7 Å². The van der Waals surface area contributed by atoms with Crippen LogP contribution in [-0.2, 0) is 4.79 Å². The van der Waals surface area contributed by atoms with Crippen LogP contribution in [0.15, 0.2) is 18.2 Å². The van der Waals surface area contributed by atoms with Crippen LogP contribution in [0.4, 0.5) is 10.1 Å². The topological polar surface area (TPSA) is 73.1 Å². The van der Waals surface area contributed by atoms with E-state index in [9.17, 15) is 9.18 Å². The van der Waals surface area contributed by atoms with Gasteiger partial charge in [-0.25, -0.2) is 9.18 Å². The molecule has 0 fully saturated rings. The van der Waals surface area contributed by atoms with Crippen LogP contribution in [0.2, 0.25) is 0 Å². The molecule has 0 aliphatic heterocycles. The third-order valence-corrected chi connectivity index (χ3v) is 2.11. The summed E-state index contributed by atoms with van der Waals surface area (Å²) in [6, 6.07) is 5.72. The average Bonchev–Trinajstić information content (AvgIpc) is 2.17. The molecule has 1 aromatic rings. The standard InChI is InChI=1S/C11H11FN2O2/c1-11(2,10(15)16)14-9-5-3-4-8(12)7(9)6-13/h3-5,14H,1-2H3,(H,15,16). The van der Waals surface area contributed by atoms with Gasteiger partial charge in [0.2, 0.25) is 0 Å². The van der Waals surface area contributed by atoms with E-state index in [-0.39, 0.29) is 11.3 Å². The second kappa shape index (κ2) is 4.19. The number of carboxylic acid groups (broad SMARTS) is 1. The van der Waals surface area contributed by atoms with E-state index in [2.05, 4.69) is 5.32 Å². The first-order valence-electron chi connectivity index (χ1n) is 4.58. The predicted octanol–water partition coefficient (Wildman–Crippen LogP) is 1.97. The Bertz CT molecular complexity index is 464. The van der Waals surface area contributed by atoms with Crippen LogP contribution in [0.3, 0.4) is 0 Å². The predicted molar refractivity (Wildman–Crippen MR) is 56.5 cm³/mol. The molecule has 0 saturated heterocycles. The Morgan fingerprint density at radius 2 is 2.19 bits per heavy atom. The van der Waals surface area contributed by atoms with Gasteiger partial charge in [-0.1, -0.05) is 6.07 Å². The molecule has 2 N–H and O–H groups in total. The summed E-state index contributed by atoms with van der Waals surface area (Å²) in [7, 11) is 0. The Balaban J connectivity index is 3.13. The first-order chi connectivity index (χ1) is 7.38. The largest absolute Gasteiger partial charge is 0.480 e. The molecule has 0 aromatic heterocycles. The average molecular weight is 222 g/mol. The van der Waals surface area contributed by atoms with Gasteiger partial charge in [0.25, 0.3) is 0 Å². The maximum Gasteiger partial charge on any atom is 0.328 e. The number of benzene rings is 1. The number of aliphatic carboxylic acids is 1. The number of nitrogens with one attached hydrogen (secondary N) is 1. The zero-order valence-electron chi connectivity index (χ0n) is 8.91. The van der Waals surface area contributed by atoms with Crippen molar-refractivity contribution in [3.63, 3.8) is 0 Å². The first-order valence-corrected chi connectivity index (χ1v) is 4.58. The molecule has 4 nitrogen and oxygen atoms in total. The van der Waals surface area contributed by atoms with E-state index in [4.69, 9.17) is 10.4 Å². The van der Waals surface area contributed by atoms with Crippen molar-refractivity contribution in [2.24, 2.45) is 0 Å². The highest BCUT2D eigenvalue weighted by Crippen LogP contribution is 2.21. The fourth-order valence-corrected chi connectivity index (χ4v) is 1.13. The van der Waals surface area contributed by atoms with Crippen LogP contribution >= 0.6 is 0 Å². The van der Waals surface area contributed by atoms with Gasteiger partial charge >= 0.3 is 5.97 Å². The molecule has 0 aliphatic rings. The lowest BCUT2D eigenvalue weighted by Crippen LogP contribution is -2.40. The molecule has 0 bridgehead atoms. The molecule has 0 unspecified atom stereocenters. The molecule has 84 valence electrons. The van der Waals surface area contributed by atoms with Gasteiger partial charge in [0.1, 0.15) is 23.0 Å². The van der Waals surface area contributed by atoms with E-state index >= 15 is 0 Å². The second-order valence-corrected chi connectivity index (χ2v) is 3.83. The number of rotatable bonds is 3. The van der Waals surface area contributed by atoms with Crippen LogP contribution in [0, 0.1) is 17.1 Å². The highest BCUT2D eigenvalue weighted by Gasteiger charge is 2.27. The minimum Gasteiger partial charge on any atom is -0.480 e. The maximum absolute atomic E-state index is 13.2. The molecule has 0 heterocycles. The minimum absolute atomic E-state index is 0.176. The zero-order chi connectivity index (χ0) is 12.3. The summed E-state index contributed by atoms with van der Waals surface area (Å²) in [4.78, 5) is 10.9. The highest BCUT2D eigenvalue weighted by atomic mass is 19.1. The normalized spacial score (nSPS) is 10.6. The van der Waals surface area contributed by atoms with Crippen molar-refractivity contribution in [2.75, 3.05) is 5.32 Å². The quantitative estimate of drug-likeness (QED) is 0.820. The van der Waals surface area contributed by atoms with Crippen molar-refractivity contribution in [3.8, 4) is 6.07 Å². The number of carbonyl (C=O) groups is 1. The van der Waals surface area contributed by atoms with Gasteiger partial charge in [-0.05, 0) is 26.0 Å². The van der Waals surface area contributed by atoms with E-state index in [0.717, 1.165) is 6.07 Å². The Kier molecular flexibility index (Phi) is 3.14. The van der Waals surface area contributed by atoms with Gasteiger partial charge in [0, 0.05) is 0 Å². The lowest BCUT2D eigenvalue weighted by Gasteiger charge is -2.23. The van der Waals surface area contributed by atoms with Crippen molar-refractivity contribution < 1.29 is 14.3 Å². The number of carboxylic acids is 1. The Labute approximate surface area is 92.3 Å². The minimum atomic E-state index is -1.26. The summed E-state index contributed by atoms with van der Waals surface area (Å²) in [6.07, 6.45) is 0. The summed E-state index contributed by atoms with van der Waals surface area (Å²) in [5, 5.41) is 20.3. The molecule has 0 atom stereocenters. The summed E-state index contributed by atoms with van der Waals surface area (Å²) in [5.41, 5.74) is -1.27. The highest BCUT2D eigenvalue weighted by molar-refractivity contribution is 5.82. The molecule has 0 aliphatic carbocycles. The Morgan fingerprint density at radius 3 is 2.69 bits per heavy atom. The molecule has 1 rings (SSSR count). The fraction of sp³-hybridized carbons (Fsp3) is 0.273. The summed E-state index contributed by atoms with van der Waals surface area (Å²) < 4.78 is 13.2. The molecule has 0 saturated carbocycles. The maximum atomic E-state index is 13.2. The van der Waals surface area contributed by atoms with Crippen molar-refractivity contribution in [3.05, 3.63) is 29.6 Å².